The molecule has 90 valence electrons. The first-order chi connectivity index (χ1) is 8.20. The van der Waals surface area contributed by atoms with Crippen molar-refractivity contribution in [3.8, 4) is 0 Å². The monoisotopic (exact) mass is 229 g/mol. The fourth-order valence-electron chi connectivity index (χ4n) is 2.07. The number of likely N-dealkylation sites (N-methyl/N-ethyl adjacent to an activating group) is 1. The van der Waals surface area contributed by atoms with Crippen LogP contribution in [0.4, 0.5) is 0 Å². The van der Waals surface area contributed by atoms with Crippen LogP contribution in [0.2, 0.25) is 0 Å². The molecule has 1 unspecified atom stereocenters. The average molecular weight is 229 g/mol. The third-order valence-electron chi connectivity index (χ3n) is 2.95. The molecule has 3 heteroatoms. The predicted molar refractivity (Wildman–Crippen MR) is 72.0 cm³/mol. The summed E-state index contributed by atoms with van der Waals surface area (Å²) in [6.45, 7) is 6.96. The molecule has 1 N–H and O–H groups in total. The molecule has 0 amide bonds. The third-order valence-corrected chi connectivity index (χ3v) is 2.95. The van der Waals surface area contributed by atoms with Crippen LogP contribution in [-0.4, -0.2) is 22.6 Å². The first-order valence-corrected chi connectivity index (χ1v) is 5.92. The van der Waals surface area contributed by atoms with Crippen molar-refractivity contribution >= 4 is 11.0 Å². The van der Waals surface area contributed by atoms with E-state index in [1.807, 2.05) is 31.6 Å². The van der Waals surface area contributed by atoms with Crippen molar-refractivity contribution in [1.29, 1.82) is 0 Å². The van der Waals surface area contributed by atoms with E-state index in [0.29, 0.717) is 6.04 Å². The van der Waals surface area contributed by atoms with Gasteiger partial charge in [0.2, 0.25) is 0 Å². The highest BCUT2D eigenvalue weighted by atomic mass is 15.1. The molecule has 3 nitrogen and oxygen atoms in total. The third kappa shape index (κ3) is 2.74. The van der Waals surface area contributed by atoms with Crippen LogP contribution in [-0.2, 0) is 6.54 Å². The van der Waals surface area contributed by atoms with E-state index >= 15 is 0 Å². The summed E-state index contributed by atoms with van der Waals surface area (Å²) in [7, 11) is 1.99. The van der Waals surface area contributed by atoms with Gasteiger partial charge in [0.05, 0.1) is 17.4 Å². The molecule has 2 aromatic rings. The van der Waals surface area contributed by atoms with Gasteiger partial charge in [-0.05, 0) is 32.5 Å². The average Bonchev–Trinajstić information content (AvgIpc) is 2.71. The molecule has 0 saturated heterocycles. The molecule has 0 aliphatic heterocycles. The Morgan fingerprint density at radius 1 is 1.47 bits per heavy atom. The molecule has 1 aromatic carbocycles. The highest BCUT2D eigenvalue weighted by molar-refractivity contribution is 5.74. The molecule has 0 saturated carbocycles. The molecular weight excluding hydrogens is 210 g/mol. The van der Waals surface area contributed by atoms with Gasteiger partial charge in [0.25, 0.3) is 0 Å². The van der Waals surface area contributed by atoms with Crippen molar-refractivity contribution in [2.75, 3.05) is 7.05 Å². The molecular formula is C14H19N3. The van der Waals surface area contributed by atoms with E-state index in [1.165, 1.54) is 11.1 Å². The quantitative estimate of drug-likeness (QED) is 0.799. The Labute approximate surface area is 102 Å². The van der Waals surface area contributed by atoms with E-state index in [0.717, 1.165) is 18.5 Å². The van der Waals surface area contributed by atoms with Crippen LogP contribution in [0.5, 0.6) is 0 Å². The minimum Gasteiger partial charge on any atom is -0.329 e. The second-order valence-electron chi connectivity index (χ2n) is 4.53. The lowest BCUT2D eigenvalue weighted by Crippen LogP contribution is -2.30. The molecule has 17 heavy (non-hydrogen) atoms. The Morgan fingerprint density at radius 3 is 2.94 bits per heavy atom. The Morgan fingerprint density at radius 2 is 2.24 bits per heavy atom. The van der Waals surface area contributed by atoms with Crippen LogP contribution >= 0.6 is 0 Å². The van der Waals surface area contributed by atoms with Gasteiger partial charge in [-0.1, -0.05) is 17.7 Å². The van der Waals surface area contributed by atoms with E-state index in [-0.39, 0.29) is 0 Å². The molecule has 1 heterocycles. The summed E-state index contributed by atoms with van der Waals surface area (Å²) in [5, 5.41) is 3.33. The van der Waals surface area contributed by atoms with E-state index in [1.54, 1.807) is 0 Å². The maximum atomic E-state index is 4.40. The Balaban J connectivity index is 2.19. The summed E-state index contributed by atoms with van der Waals surface area (Å²) in [6, 6.07) is 8.62. The zero-order chi connectivity index (χ0) is 12.3. The number of para-hydroxylation sites is 2. The highest BCUT2D eigenvalue weighted by Gasteiger charge is 2.09. The topological polar surface area (TPSA) is 29.9 Å². The number of hydrogen-bond acceptors (Lipinski definition) is 2. The van der Waals surface area contributed by atoms with Crippen LogP contribution < -0.4 is 5.32 Å². The molecule has 0 spiro atoms. The van der Waals surface area contributed by atoms with Gasteiger partial charge in [-0.15, -0.1) is 6.58 Å². The lowest BCUT2D eigenvalue weighted by atomic mass is 10.1. The molecule has 0 fully saturated rings. The minimum atomic E-state index is 0.408. The molecule has 0 bridgehead atoms. The fourth-order valence-corrected chi connectivity index (χ4v) is 2.07. The Kier molecular flexibility index (Phi) is 3.59. The van der Waals surface area contributed by atoms with Gasteiger partial charge in [0.1, 0.15) is 0 Å². The largest absolute Gasteiger partial charge is 0.329 e. The predicted octanol–water partition coefficient (Wildman–Crippen LogP) is 2.59. The fraction of sp³-hybridized carbons (Fsp3) is 0.357. The number of fused-ring (bicyclic) bond motifs is 1. The number of aromatic nitrogens is 2. The lowest BCUT2D eigenvalue weighted by molar-refractivity contribution is 0.484. The van der Waals surface area contributed by atoms with E-state index < -0.39 is 0 Å². The molecule has 1 aromatic heterocycles. The van der Waals surface area contributed by atoms with Gasteiger partial charge < -0.3 is 9.88 Å². The minimum absolute atomic E-state index is 0.408. The number of rotatable bonds is 5. The van der Waals surface area contributed by atoms with Gasteiger partial charge in [-0.3, -0.25) is 0 Å². The SMILES string of the molecule is C=C(C)CC(Cn1cnc2ccccc21)NC. The number of nitrogens with one attached hydrogen (secondary N) is 1. The lowest BCUT2D eigenvalue weighted by Gasteiger charge is -2.17. The second-order valence-corrected chi connectivity index (χ2v) is 4.53. The number of benzene rings is 1. The Hall–Kier alpha value is -1.61. The second kappa shape index (κ2) is 5.15. The van der Waals surface area contributed by atoms with Gasteiger partial charge in [0, 0.05) is 12.6 Å². The van der Waals surface area contributed by atoms with Crippen molar-refractivity contribution in [2.24, 2.45) is 0 Å². The van der Waals surface area contributed by atoms with Gasteiger partial charge in [0.15, 0.2) is 0 Å². The van der Waals surface area contributed by atoms with E-state index in [4.69, 9.17) is 0 Å². The van der Waals surface area contributed by atoms with Crippen molar-refractivity contribution in [2.45, 2.75) is 25.9 Å². The number of hydrogen-bond donors (Lipinski definition) is 1. The maximum absolute atomic E-state index is 4.40. The molecule has 2 rings (SSSR count). The number of nitrogens with zero attached hydrogens (tertiary/aromatic N) is 2. The summed E-state index contributed by atoms with van der Waals surface area (Å²) in [6.07, 6.45) is 2.90. The normalized spacial score (nSPS) is 12.8. The van der Waals surface area contributed by atoms with Crippen LogP contribution in [0.25, 0.3) is 11.0 Å². The van der Waals surface area contributed by atoms with Crippen LogP contribution in [0.1, 0.15) is 13.3 Å². The number of imidazole rings is 1. The zero-order valence-electron chi connectivity index (χ0n) is 10.5. The van der Waals surface area contributed by atoms with Crippen molar-refractivity contribution in [3.05, 3.63) is 42.7 Å². The summed E-state index contributed by atoms with van der Waals surface area (Å²) in [5.41, 5.74) is 3.45. The molecule has 1 atom stereocenters. The summed E-state index contributed by atoms with van der Waals surface area (Å²) < 4.78 is 2.19. The van der Waals surface area contributed by atoms with Crippen LogP contribution in [0, 0.1) is 0 Å². The molecule has 0 aliphatic rings. The summed E-state index contributed by atoms with van der Waals surface area (Å²) in [4.78, 5) is 4.40. The standard InChI is InChI=1S/C14H19N3/c1-11(2)8-12(15-3)9-17-10-16-13-6-4-5-7-14(13)17/h4-7,10,12,15H,1,8-9H2,2-3H3. The smallest absolute Gasteiger partial charge is 0.0958 e. The first-order valence-electron chi connectivity index (χ1n) is 5.92. The summed E-state index contributed by atoms with van der Waals surface area (Å²) in [5.74, 6) is 0. The van der Waals surface area contributed by atoms with E-state index in [2.05, 4.69) is 34.4 Å². The molecule has 0 radical (unpaired) electrons. The van der Waals surface area contributed by atoms with Crippen LogP contribution in [0.3, 0.4) is 0 Å². The molecule has 0 aliphatic carbocycles. The maximum Gasteiger partial charge on any atom is 0.0958 e. The zero-order valence-corrected chi connectivity index (χ0v) is 10.5. The van der Waals surface area contributed by atoms with Gasteiger partial charge in [-0.25, -0.2) is 4.98 Å². The Bertz CT molecular complexity index is 513. The first kappa shape index (κ1) is 11.9. The van der Waals surface area contributed by atoms with Crippen LogP contribution in [0.15, 0.2) is 42.7 Å². The summed E-state index contributed by atoms with van der Waals surface area (Å²) >= 11 is 0. The van der Waals surface area contributed by atoms with Crippen molar-refractivity contribution in [3.63, 3.8) is 0 Å². The van der Waals surface area contributed by atoms with Gasteiger partial charge >= 0.3 is 0 Å². The van der Waals surface area contributed by atoms with E-state index in [9.17, 15) is 0 Å². The van der Waals surface area contributed by atoms with Gasteiger partial charge in [-0.2, -0.15) is 0 Å². The van der Waals surface area contributed by atoms with Crippen molar-refractivity contribution in [1.82, 2.24) is 14.9 Å². The highest BCUT2D eigenvalue weighted by Crippen LogP contribution is 2.13. The van der Waals surface area contributed by atoms with Crippen molar-refractivity contribution < 1.29 is 0 Å².